The maximum atomic E-state index is 12.9. The SMILES string of the molecule is Cc1nc(-c2cccc(Cl)c2)sc1C(=O)N1CCN(CCS(C)(=O)=O)CC1. The number of sulfone groups is 1. The molecule has 27 heavy (non-hydrogen) atoms. The Morgan fingerprint density at radius 1 is 1.26 bits per heavy atom. The highest BCUT2D eigenvalue weighted by molar-refractivity contribution is 7.90. The number of aryl methyl sites for hydroxylation is 1. The lowest BCUT2D eigenvalue weighted by Crippen LogP contribution is -2.49. The van der Waals surface area contributed by atoms with Crippen LogP contribution in [-0.2, 0) is 9.84 Å². The quantitative estimate of drug-likeness (QED) is 0.733. The van der Waals surface area contributed by atoms with E-state index in [0.717, 1.165) is 16.3 Å². The van der Waals surface area contributed by atoms with E-state index < -0.39 is 9.84 Å². The van der Waals surface area contributed by atoms with Gasteiger partial charge >= 0.3 is 0 Å². The Morgan fingerprint density at radius 3 is 2.59 bits per heavy atom. The van der Waals surface area contributed by atoms with Gasteiger partial charge in [0.2, 0.25) is 0 Å². The Morgan fingerprint density at radius 2 is 1.96 bits per heavy atom. The summed E-state index contributed by atoms with van der Waals surface area (Å²) < 4.78 is 22.6. The molecule has 1 aliphatic heterocycles. The number of halogens is 1. The van der Waals surface area contributed by atoms with E-state index in [2.05, 4.69) is 9.88 Å². The number of benzene rings is 1. The average molecular weight is 428 g/mol. The van der Waals surface area contributed by atoms with Gasteiger partial charge in [-0.15, -0.1) is 11.3 Å². The smallest absolute Gasteiger partial charge is 0.265 e. The van der Waals surface area contributed by atoms with Gasteiger partial charge < -0.3 is 4.90 Å². The van der Waals surface area contributed by atoms with Crippen LogP contribution in [0.2, 0.25) is 5.02 Å². The molecule has 9 heteroatoms. The van der Waals surface area contributed by atoms with Crippen LogP contribution in [-0.4, -0.2) is 73.8 Å². The molecular formula is C18H22ClN3O3S2. The molecule has 2 heterocycles. The summed E-state index contributed by atoms with van der Waals surface area (Å²) in [6.07, 6.45) is 1.25. The summed E-state index contributed by atoms with van der Waals surface area (Å²) in [6, 6.07) is 7.44. The van der Waals surface area contributed by atoms with Crippen LogP contribution in [0.15, 0.2) is 24.3 Å². The van der Waals surface area contributed by atoms with Crippen LogP contribution >= 0.6 is 22.9 Å². The van der Waals surface area contributed by atoms with E-state index >= 15 is 0 Å². The minimum absolute atomic E-state index is 0.0129. The Balaban J connectivity index is 1.65. The van der Waals surface area contributed by atoms with Gasteiger partial charge in [0.1, 0.15) is 19.7 Å². The van der Waals surface area contributed by atoms with Crippen molar-refractivity contribution >= 4 is 38.7 Å². The van der Waals surface area contributed by atoms with Gasteiger partial charge in [-0.1, -0.05) is 23.7 Å². The van der Waals surface area contributed by atoms with E-state index in [1.165, 1.54) is 17.6 Å². The number of hydrogen-bond acceptors (Lipinski definition) is 6. The summed E-state index contributed by atoms with van der Waals surface area (Å²) in [5.74, 6) is 0.138. The van der Waals surface area contributed by atoms with Gasteiger partial charge in [0.05, 0.1) is 11.4 Å². The summed E-state index contributed by atoms with van der Waals surface area (Å²) in [7, 11) is -2.97. The molecule has 146 valence electrons. The van der Waals surface area contributed by atoms with Crippen molar-refractivity contribution in [2.75, 3.05) is 44.7 Å². The number of rotatable bonds is 5. The molecule has 1 aromatic heterocycles. The zero-order valence-corrected chi connectivity index (χ0v) is 17.7. The summed E-state index contributed by atoms with van der Waals surface area (Å²) in [4.78, 5) is 22.0. The third kappa shape index (κ3) is 5.28. The van der Waals surface area contributed by atoms with Crippen molar-refractivity contribution in [1.29, 1.82) is 0 Å². The van der Waals surface area contributed by atoms with Crippen LogP contribution in [0.25, 0.3) is 10.6 Å². The Bertz CT molecular complexity index is 935. The maximum Gasteiger partial charge on any atom is 0.265 e. The Hall–Kier alpha value is -1.48. The van der Waals surface area contributed by atoms with Gasteiger partial charge in [0.25, 0.3) is 5.91 Å². The molecule has 1 amide bonds. The van der Waals surface area contributed by atoms with Gasteiger partial charge in [-0.3, -0.25) is 9.69 Å². The average Bonchev–Trinajstić information content (AvgIpc) is 3.01. The van der Waals surface area contributed by atoms with E-state index in [1.807, 2.05) is 30.0 Å². The molecule has 1 aliphatic rings. The largest absolute Gasteiger partial charge is 0.335 e. The van der Waals surface area contributed by atoms with Gasteiger partial charge in [0.15, 0.2) is 0 Å². The van der Waals surface area contributed by atoms with Crippen LogP contribution in [0.5, 0.6) is 0 Å². The van der Waals surface area contributed by atoms with Crippen LogP contribution in [0.1, 0.15) is 15.4 Å². The number of carbonyl (C=O) groups excluding carboxylic acids is 1. The lowest BCUT2D eigenvalue weighted by molar-refractivity contribution is 0.0648. The molecular weight excluding hydrogens is 406 g/mol. The lowest BCUT2D eigenvalue weighted by atomic mass is 10.2. The molecule has 0 bridgehead atoms. The van der Waals surface area contributed by atoms with Crippen LogP contribution in [0.3, 0.4) is 0 Å². The Labute approximate surface area is 168 Å². The predicted octanol–water partition coefficient (Wildman–Crippen LogP) is 2.57. The standard InChI is InChI=1S/C18H22ClN3O3S2/c1-13-16(26-17(20-13)14-4-3-5-15(19)12-14)18(23)22-8-6-21(7-9-22)10-11-27(2,24)25/h3-5,12H,6-11H2,1-2H3. The fourth-order valence-corrected chi connectivity index (χ4v) is 4.76. The summed E-state index contributed by atoms with van der Waals surface area (Å²) in [6.45, 7) is 4.90. The first-order valence-electron chi connectivity index (χ1n) is 8.65. The minimum atomic E-state index is -2.97. The van der Waals surface area contributed by atoms with E-state index in [0.29, 0.717) is 42.6 Å². The number of carbonyl (C=O) groups is 1. The molecule has 0 N–H and O–H groups in total. The first kappa shape index (κ1) is 20.3. The first-order chi connectivity index (χ1) is 12.7. The van der Waals surface area contributed by atoms with E-state index in [1.54, 1.807) is 6.07 Å². The summed E-state index contributed by atoms with van der Waals surface area (Å²) in [5, 5.41) is 1.42. The fourth-order valence-electron chi connectivity index (χ4n) is 2.95. The molecule has 0 atom stereocenters. The molecule has 0 unspecified atom stereocenters. The number of amides is 1. The number of piperazine rings is 1. The number of hydrogen-bond donors (Lipinski definition) is 0. The molecule has 0 spiro atoms. The van der Waals surface area contributed by atoms with E-state index in [4.69, 9.17) is 11.6 Å². The van der Waals surface area contributed by atoms with Gasteiger partial charge in [0, 0.05) is 49.6 Å². The van der Waals surface area contributed by atoms with Gasteiger partial charge in [-0.2, -0.15) is 0 Å². The molecule has 2 aromatic rings. The second kappa shape index (κ2) is 8.26. The van der Waals surface area contributed by atoms with E-state index in [9.17, 15) is 13.2 Å². The zero-order chi connectivity index (χ0) is 19.6. The van der Waals surface area contributed by atoms with Crippen molar-refractivity contribution in [3.05, 3.63) is 39.9 Å². The predicted molar refractivity (Wildman–Crippen MR) is 109 cm³/mol. The summed E-state index contributed by atoms with van der Waals surface area (Å²) in [5.41, 5.74) is 1.62. The second-order valence-corrected chi connectivity index (χ2v) is 10.4. The van der Waals surface area contributed by atoms with Crippen LogP contribution in [0, 0.1) is 6.92 Å². The molecule has 0 aliphatic carbocycles. The van der Waals surface area contributed by atoms with Gasteiger partial charge in [-0.05, 0) is 19.1 Å². The fraction of sp³-hybridized carbons (Fsp3) is 0.444. The number of aromatic nitrogens is 1. The number of thiazole rings is 1. The first-order valence-corrected chi connectivity index (χ1v) is 11.9. The minimum Gasteiger partial charge on any atom is -0.335 e. The maximum absolute atomic E-state index is 12.9. The lowest BCUT2D eigenvalue weighted by Gasteiger charge is -2.34. The molecule has 1 aromatic carbocycles. The van der Waals surface area contributed by atoms with Crippen molar-refractivity contribution in [2.24, 2.45) is 0 Å². The number of nitrogens with zero attached hydrogens (tertiary/aromatic N) is 3. The second-order valence-electron chi connectivity index (χ2n) is 6.71. The van der Waals surface area contributed by atoms with Crippen molar-refractivity contribution in [3.8, 4) is 10.6 Å². The molecule has 0 saturated carbocycles. The van der Waals surface area contributed by atoms with Gasteiger partial charge in [-0.25, -0.2) is 13.4 Å². The molecule has 1 saturated heterocycles. The zero-order valence-electron chi connectivity index (χ0n) is 15.3. The monoisotopic (exact) mass is 427 g/mol. The molecule has 3 rings (SSSR count). The molecule has 6 nitrogen and oxygen atoms in total. The third-order valence-corrected chi connectivity index (χ3v) is 6.85. The topological polar surface area (TPSA) is 70.6 Å². The highest BCUT2D eigenvalue weighted by Gasteiger charge is 2.26. The highest BCUT2D eigenvalue weighted by Crippen LogP contribution is 2.30. The Kier molecular flexibility index (Phi) is 6.20. The van der Waals surface area contributed by atoms with Crippen molar-refractivity contribution in [1.82, 2.24) is 14.8 Å². The van der Waals surface area contributed by atoms with Crippen LogP contribution < -0.4 is 0 Å². The summed E-state index contributed by atoms with van der Waals surface area (Å²) >= 11 is 7.44. The normalized spacial score (nSPS) is 15.9. The van der Waals surface area contributed by atoms with Crippen molar-refractivity contribution in [2.45, 2.75) is 6.92 Å². The third-order valence-electron chi connectivity index (χ3n) is 4.50. The van der Waals surface area contributed by atoms with Crippen LogP contribution in [0.4, 0.5) is 0 Å². The van der Waals surface area contributed by atoms with Crippen molar-refractivity contribution < 1.29 is 13.2 Å². The van der Waals surface area contributed by atoms with E-state index in [-0.39, 0.29) is 11.7 Å². The van der Waals surface area contributed by atoms with Crippen molar-refractivity contribution in [3.63, 3.8) is 0 Å². The molecule has 0 radical (unpaired) electrons. The highest BCUT2D eigenvalue weighted by atomic mass is 35.5. The molecule has 1 fully saturated rings.